The number of aryl methyl sites for hydroxylation is 1. The van der Waals surface area contributed by atoms with Crippen molar-refractivity contribution in [1.82, 2.24) is 5.32 Å². The van der Waals surface area contributed by atoms with Gasteiger partial charge in [0.15, 0.2) is 0 Å². The van der Waals surface area contributed by atoms with E-state index in [1.54, 1.807) is 12.1 Å². The molecule has 1 saturated heterocycles. The van der Waals surface area contributed by atoms with Crippen LogP contribution in [0.15, 0.2) is 54.6 Å². The van der Waals surface area contributed by atoms with Crippen molar-refractivity contribution in [2.24, 2.45) is 0 Å². The second-order valence-electron chi connectivity index (χ2n) is 7.90. The van der Waals surface area contributed by atoms with E-state index in [2.05, 4.69) is 34.9 Å². The van der Waals surface area contributed by atoms with Crippen LogP contribution in [-0.4, -0.2) is 46.7 Å². The Kier molecular flexibility index (Phi) is 8.16. The van der Waals surface area contributed by atoms with Gasteiger partial charge in [-0.05, 0) is 19.1 Å². The molecule has 1 atom stereocenters. The van der Waals surface area contributed by atoms with E-state index in [0.29, 0.717) is 5.69 Å². The van der Waals surface area contributed by atoms with Gasteiger partial charge in [0, 0.05) is 40.9 Å². The number of carbonyl (C=O) groups is 2. The molecule has 3 N–H and O–H groups in total. The molecular formula is C23H30N3O3S+. The van der Waals surface area contributed by atoms with Crippen LogP contribution in [0.3, 0.4) is 0 Å². The van der Waals surface area contributed by atoms with Crippen molar-refractivity contribution < 1.29 is 18.7 Å². The first kappa shape index (κ1) is 22.2. The quantitative estimate of drug-likeness (QED) is 0.588. The van der Waals surface area contributed by atoms with Crippen LogP contribution in [0.1, 0.15) is 24.0 Å². The van der Waals surface area contributed by atoms with Crippen LogP contribution < -0.4 is 15.5 Å². The molecule has 3 rings (SSSR count). The van der Waals surface area contributed by atoms with Crippen molar-refractivity contribution in [3.05, 3.63) is 65.7 Å². The maximum atomic E-state index is 12.2. The van der Waals surface area contributed by atoms with Gasteiger partial charge in [-0.1, -0.05) is 48.0 Å². The molecule has 1 fully saturated rings. The average molecular weight is 429 g/mol. The standard InChI is InChI=1S/C23H29N3O3S/c1-18-7-9-20(10-8-18)24-22(27)16-30(29)17-23(28)25-21-11-13-26(14-12-21)15-19-5-3-2-4-6-19/h2-10,21H,11-17H2,1H3,(H,24,27)(H,25,28)/p+1/t30-/m0/s1. The zero-order chi connectivity index (χ0) is 21.3. The van der Waals surface area contributed by atoms with E-state index in [1.807, 2.05) is 25.1 Å². The normalized spacial score (nSPS) is 19.6. The Balaban J connectivity index is 1.34. The van der Waals surface area contributed by atoms with Gasteiger partial charge in [-0.15, -0.1) is 0 Å². The largest absolute Gasteiger partial charge is 0.352 e. The van der Waals surface area contributed by atoms with Crippen LogP contribution >= 0.6 is 0 Å². The minimum Gasteiger partial charge on any atom is -0.352 e. The van der Waals surface area contributed by atoms with Crippen LogP contribution in [0.4, 0.5) is 5.69 Å². The fourth-order valence-corrected chi connectivity index (χ4v) is 4.52. The molecule has 160 valence electrons. The lowest BCUT2D eigenvalue weighted by Crippen LogP contribution is -3.12. The number of rotatable bonds is 8. The van der Waals surface area contributed by atoms with Gasteiger partial charge in [-0.2, -0.15) is 0 Å². The number of piperidine rings is 1. The molecule has 2 amide bonds. The Bertz CT molecular complexity index is 863. The Morgan fingerprint density at radius 1 is 0.967 bits per heavy atom. The first-order chi connectivity index (χ1) is 14.5. The molecule has 0 radical (unpaired) electrons. The molecule has 1 aliphatic heterocycles. The molecule has 0 aromatic heterocycles. The van der Waals surface area contributed by atoms with Gasteiger partial charge in [0.1, 0.15) is 18.1 Å². The van der Waals surface area contributed by atoms with Crippen molar-refractivity contribution in [3.63, 3.8) is 0 Å². The minimum absolute atomic E-state index is 0.121. The van der Waals surface area contributed by atoms with Crippen LogP contribution in [0.5, 0.6) is 0 Å². The van der Waals surface area contributed by atoms with Gasteiger partial charge in [-0.25, -0.2) is 0 Å². The van der Waals surface area contributed by atoms with Crippen LogP contribution in [0.2, 0.25) is 0 Å². The van der Waals surface area contributed by atoms with Gasteiger partial charge in [0.2, 0.25) is 11.8 Å². The summed E-state index contributed by atoms with van der Waals surface area (Å²) in [5, 5.41) is 5.70. The molecule has 0 bridgehead atoms. The number of hydrogen-bond donors (Lipinski definition) is 3. The number of hydrogen-bond acceptors (Lipinski definition) is 3. The molecule has 7 heteroatoms. The van der Waals surface area contributed by atoms with Crippen molar-refractivity contribution in [2.45, 2.75) is 32.4 Å². The monoisotopic (exact) mass is 428 g/mol. The van der Waals surface area contributed by atoms with Crippen molar-refractivity contribution >= 4 is 28.3 Å². The summed E-state index contributed by atoms with van der Waals surface area (Å²) in [6, 6.07) is 17.9. The van der Waals surface area contributed by atoms with Crippen molar-refractivity contribution in [1.29, 1.82) is 0 Å². The van der Waals surface area contributed by atoms with Gasteiger partial charge in [0.25, 0.3) is 0 Å². The Labute approximate surface area is 180 Å². The van der Waals surface area contributed by atoms with Crippen molar-refractivity contribution in [3.8, 4) is 0 Å². The van der Waals surface area contributed by atoms with E-state index >= 15 is 0 Å². The number of likely N-dealkylation sites (tertiary alicyclic amines) is 1. The van der Waals surface area contributed by atoms with E-state index in [9.17, 15) is 13.8 Å². The number of carbonyl (C=O) groups excluding carboxylic acids is 2. The predicted octanol–water partition coefficient (Wildman–Crippen LogP) is 1.05. The van der Waals surface area contributed by atoms with E-state index < -0.39 is 10.8 Å². The lowest BCUT2D eigenvalue weighted by atomic mass is 10.0. The number of amides is 2. The Hall–Kier alpha value is -2.51. The molecule has 6 nitrogen and oxygen atoms in total. The van der Waals surface area contributed by atoms with Crippen LogP contribution in [-0.2, 0) is 26.9 Å². The number of benzene rings is 2. The summed E-state index contributed by atoms with van der Waals surface area (Å²) in [5.41, 5.74) is 3.09. The summed E-state index contributed by atoms with van der Waals surface area (Å²) in [7, 11) is -1.53. The van der Waals surface area contributed by atoms with Crippen molar-refractivity contribution in [2.75, 3.05) is 29.9 Å². The topological polar surface area (TPSA) is 79.7 Å². The fourth-order valence-electron chi connectivity index (χ4n) is 3.68. The molecule has 0 unspecified atom stereocenters. The average Bonchev–Trinajstić information content (AvgIpc) is 2.71. The molecule has 0 aliphatic carbocycles. The number of quaternary nitrogens is 1. The molecular weight excluding hydrogens is 398 g/mol. The summed E-state index contributed by atoms with van der Waals surface area (Å²) >= 11 is 0. The summed E-state index contributed by atoms with van der Waals surface area (Å²) in [5.74, 6) is -0.907. The Morgan fingerprint density at radius 3 is 2.27 bits per heavy atom. The van der Waals surface area contributed by atoms with E-state index in [4.69, 9.17) is 0 Å². The molecule has 0 saturated carbocycles. The molecule has 2 aromatic carbocycles. The van der Waals surface area contributed by atoms with Gasteiger partial charge < -0.3 is 15.5 Å². The molecule has 0 spiro atoms. The second kappa shape index (κ2) is 11.0. The third-order valence-electron chi connectivity index (χ3n) is 5.27. The Morgan fingerprint density at radius 2 is 1.60 bits per heavy atom. The molecule has 2 aromatic rings. The highest BCUT2D eigenvalue weighted by Gasteiger charge is 2.24. The molecule has 1 heterocycles. The molecule has 1 aliphatic rings. The first-order valence-electron chi connectivity index (χ1n) is 10.4. The maximum absolute atomic E-state index is 12.2. The highest BCUT2D eigenvalue weighted by Crippen LogP contribution is 2.08. The second-order valence-corrected chi connectivity index (χ2v) is 9.35. The number of anilines is 1. The summed E-state index contributed by atoms with van der Waals surface area (Å²) in [6.07, 6.45) is 1.82. The highest BCUT2D eigenvalue weighted by atomic mass is 32.2. The third-order valence-corrected chi connectivity index (χ3v) is 6.44. The van der Waals surface area contributed by atoms with Crippen LogP contribution in [0, 0.1) is 6.92 Å². The summed E-state index contributed by atoms with van der Waals surface area (Å²) in [4.78, 5) is 25.8. The third kappa shape index (κ3) is 7.39. The first-order valence-corrected chi connectivity index (χ1v) is 11.8. The smallest absolute Gasteiger partial charge is 0.237 e. The fraction of sp³-hybridized carbons (Fsp3) is 0.391. The lowest BCUT2D eigenvalue weighted by Gasteiger charge is -2.29. The maximum Gasteiger partial charge on any atom is 0.237 e. The SMILES string of the molecule is Cc1ccc(NC(=O)C[S@](=O)CC(=O)NC2CC[NH+](Cc3ccccc3)CC2)cc1. The zero-order valence-electron chi connectivity index (χ0n) is 17.4. The predicted molar refractivity (Wildman–Crippen MR) is 120 cm³/mol. The summed E-state index contributed by atoms with van der Waals surface area (Å²) < 4.78 is 12.2. The lowest BCUT2D eigenvalue weighted by molar-refractivity contribution is -0.918. The molecule has 30 heavy (non-hydrogen) atoms. The zero-order valence-corrected chi connectivity index (χ0v) is 18.2. The van der Waals surface area contributed by atoms with Gasteiger partial charge in [0.05, 0.1) is 13.1 Å². The minimum atomic E-state index is -1.53. The van der Waals surface area contributed by atoms with Gasteiger partial charge in [-0.3, -0.25) is 13.8 Å². The van der Waals surface area contributed by atoms with E-state index in [0.717, 1.165) is 38.0 Å². The van der Waals surface area contributed by atoms with Gasteiger partial charge >= 0.3 is 0 Å². The summed E-state index contributed by atoms with van der Waals surface area (Å²) in [6.45, 7) is 4.97. The highest BCUT2D eigenvalue weighted by molar-refractivity contribution is 7.86. The van der Waals surface area contributed by atoms with E-state index in [-0.39, 0.29) is 29.4 Å². The van der Waals surface area contributed by atoms with E-state index in [1.165, 1.54) is 10.5 Å². The number of nitrogens with one attached hydrogen (secondary N) is 3. The van der Waals surface area contributed by atoms with Crippen LogP contribution in [0.25, 0.3) is 0 Å².